The van der Waals surface area contributed by atoms with E-state index in [4.69, 9.17) is 0 Å². The molecule has 1 fully saturated rings. The maximum absolute atomic E-state index is 14.2. The number of para-hydroxylation sites is 2. The van der Waals surface area contributed by atoms with Crippen molar-refractivity contribution >= 4 is 16.8 Å². The van der Waals surface area contributed by atoms with Crippen molar-refractivity contribution in [3.63, 3.8) is 0 Å². The molecule has 0 radical (unpaired) electrons. The van der Waals surface area contributed by atoms with Crippen LogP contribution in [0.5, 0.6) is 0 Å². The highest BCUT2D eigenvalue weighted by Gasteiger charge is 2.40. The summed E-state index contributed by atoms with van der Waals surface area (Å²) in [6.45, 7) is 9.81. The summed E-state index contributed by atoms with van der Waals surface area (Å²) >= 11 is 0. The van der Waals surface area contributed by atoms with E-state index in [0.29, 0.717) is 18.2 Å². The SMILES string of the molecule is CCN(Cc1c(C(F)(F)F)nc2n(-c3c(C)cc(C)cc3C)c3ccccc3n12)CC1CC1. The Balaban J connectivity index is 1.82. The molecule has 0 saturated heterocycles. The first-order valence-electron chi connectivity index (χ1n) is 11.6. The lowest BCUT2D eigenvalue weighted by Crippen LogP contribution is -2.27. The van der Waals surface area contributed by atoms with Gasteiger partial charge in [-0.25, -0.2) is 4.98 Å². The van der Waals surface area contributed by atoms with E-state index in [2.05, 4.69) is 22.0 Å². The third kappa shape index (κ3) is 3.82. The summed E-state index contributed by atoms with van der Waals surface area (Å²) in [4.78, 5) is 6.37. The first kappa shape index (κ1) is 22.0. The first-order valence-corrected chi connectivity index (χ1v) is 11.6. The van der Waals surface area contributed by atoms with Crippen molar-refractivity contribution in [1.82, 2.24) is 18.9 Å². The van der Waals surface area contributed by atoms with Gasteiger partial charge in [-0.2, -0.15) is 13.2 Å². The zero-order valence-electron chi connectivity index (χ0n) is 19.5. The van der Waals surface area contributed by atoms with Gasteiger partial charge in [0, 0.05) is 13.1 Å². The number of halogens is 3. The van der Waals surface area contributed by atoms with E-state index in [1.165, 1.54) is 0 Å². The molecule has 2 heterocycles. The number of aryl methyl sites for hydroxylation is 3. The van der Waals surface area contributed by atoms with Crippen LogP contribution >= 0.6 is 0 Å². The number of imidazole rings is 2. The van der Waals surface area contributed by atoms with E-state index in [1.54, 1.807) is 4.40 Å². The quantitative estimate of drug-likeness (QED) is 0.334. The molecular weight excluding hydrogens is 425 g/mol. The van der Waals surface area contributed by atoms with Gasteiger partial charge in [0.05, 0.1) is 22.4 Å². The minimum atomic E-state index is -4.52. The lowest BCUT2D eigenvalue weighted by molar-refractivity contribution is -0.141. The fraction of sp³-hybridized carbons (Fsp3) is 0.423. The Kier molecular flexibility index (Phi) is 5.27. The van der Waals surface area contributed by atoms with Gasteiger partial charge in [-0.05, 0) is 69.3 Å². The van der Waals surface area contributed by atoms with Crippen LogP contribution < -0.4 is 0 Å². The van der Waals surface area contributed by atoms with Crippen LogP contribution in [-0.4, -0.2) is 31.9 Å². The number of hydrogen-bond donors (Lipinski definition) is 0. The molecule has 1 saturated carbocycles. The maximum atomic E-state index is 14.2. The van der Waals surface area contributed by atoms with E-state index in [0.717, 1.165) is 52.8 Å². The monoisotopic (exact) mass is 454 g/mol. The number of aromatic nitrogens is 3. The van der Waals surface area contributed by atoms with Crippen LogP contribution in [0.3, 0.4) is 0 Å². The van der Waals surface area contributed by atoms with Gasteiger partial charge >= 0.3 is 6.18 Å². The molecule has 2 aromatic carbocycles. The van der Waals surface area contributed by atoms with E-state index in [9.17, 15) is 13.2 Å². The lowest BCUT2D eigenvalue weighted by atomic mass is 10.0. The smallest absolute Gasteiger partial charge is 0.298 e. The van der Waals surface area contributed by atoms with E-state index >= 15 is 0 Å². The minimum Gasteiger partial charge on any atom is -0.298 e. The molecule has 4 aromatic rings. The zero-order chi connectivity index (χ0) is 23.5. The molecule has 0 unspecified atom stereocenters. The van der Waals surface area contributed by atoms with Crippen LogP contribution in [-0.2, 0) is 12.7 Å². The summed E-state index contributed by atoms with van der Waals surface area (Å²) in [6.07, 6.45) is -2.20. The summed E-state index contributed by atoms with van der Waals surface area (Å²) in [6, 6.07) is 11.8. The van der Waals surface area contributed by atoms with E-state index < -0.39 is 11.9 Å². The Morgan fingerprint density at radius 1 is 1.03 bits per heavy atom. The van der Waals surface area contributed by atoms with Crippen molar-refractivity contribution in [3.05, 3.63) is 64.5 Å². The van der Waals surface area contributed by atoms with Gasteiger partial charge in [0.25, 0.3) is 0 Å². The second kappa shape index (κ2) is 7.90. The largest absolute Gasteiger partial charge is 0.435 e. The van der Waals surface area contributed by atoms with Gasteiger partial charge in [0.15, 0.2) is 5.69 Å². The third-order valence-corrected chi connectivity index (χ3v) is 6.68. The molecule has 5 rings (SSSR count). The van der Waals surface area contributed by atoms with Crippen molar-refractivity contribution < 1.29 is 13.2 Å². The standard InChI is InChI=1S/C26H29F3N4/c1-5-31(14-19-10-11-19)15-22-24(26(27,28)29)30-25-32(22)20-8-6-7-9-21(20)33(25)23-17(3)12-16(2)13-18(23)4/h6-9,12-13,19H,5,10-11,14-15H2,1-4H3. The first-order chi connectivity index (χ1) is 15.7. The Morgan fingerprint density at radius 3 is 2.24 bits per heavy atom. The molecule has 0 amide bonds. The summed E-state index contributed by atoms with van der Waals surface area (Å²) in [5, 5.41) is 0. The van der Waals surface area contributed by atoms with Gasteiger partial charge in [-0.3, -0.25) is 13.9 Å². The highest BCUT2D eigenvalue weighted by molar-refractivity contribution is 5.85. The summed E-state index contributed by atoms with van der Waals surface area (Å²) in [5.41, 5.74) is 5.08. The fourth-order valence-electron chi connectivity index (χ4n) is 5.10. The number of fused-ring (bicyclic) bond motifs is 3. The van der Waals surface area contributed by atoms with Gasteiger partial charge in [-0.15, -0.1) is 0 Å². The summed E-state index contributed by atoms with van der Waals surface area (Å²) < 4.78 is 46.3. The molecule has 0 aliphatic heterocycles. The van der Waals surface area contributed by atoms with Crippen LogP contribution in [0.1, 0.15) is 47.8 Å². The second-order valence-corrected chi connectivity index (χ2v) is 9.38. The van der Waals surface area contributed by atoms with Crippen LogP contribution in [0.2, 0.25) is 0 Å². The van der Waals surface area contributed by atoms with E-state index in [1.807, 2.05) is 56.5 Å². The van der Waals surface area contributed by atoms with Crippen LogP contribution in [0, 0.1) is 26.7 Å². The number of hydrogen-bond acceptors (Lipinski definition) is 2. The highest BCUT2D eigenvalue weighted by atomic mass is 19.4. The zero-order valence-corrected chi connectivity index (χ0v) is 19.5. The number of alkyl halides is 3. The Labute approximate surface area is 191 Å². The predicted molar refractivity (Wildman–Crippen MR) is 125 cm³/mol. The van der Waals surface area contributed by atoms with Crippen molar-refractivity contribution in [1.29, 1.82) is 0 Å². The molecule has 0 bridgehead atoms. The van der Waals surface area contributed by atoms with Gasteiger partial charge in [0.1, 0.15) is 0 Å². The topological polar surface area (TPSA) is 25.5 Å². The van der Waals surface area contributed by atoms with Gasteiger partial charge in [-0.1, -0.05) is 36.8 Å². The number of rotatable bonds is 6. The number of benzene rings is 2. The maximum Gasteiger partial charge on any atom is 0.435 e. The molecule has 0 N–H and O–H groups in total. The number of nitrogens with zero attached hydrogens (tertiary/aromatic N) is 4. The normalized spacial score (nSPS) is 14.8. The van der Waals surface area contributed by atoms with Crippen molar-refractivity contribution in [3.8, 4) is 5.69 Å². The molecule has 33 heavy (non-hydrogen) atoms. The average molecular weight is 455 g/mol. The molecule has 0 atom stereocenters. The van der Waals surface area contributed by atoms with Crippen LogP contribution in [0.4, 0.5) is 13.2 Å². The highest BCUT2D eigenvalue weighted by Crippen LogP contribution is 2.38. The summed E-state index contributed by atoms with van der Waals surface area (Å²) in [5.74, 6) is 0.915. The lowest BCUT2D eigenvalue weighted by Gasteiger charge is -2.21. The average Bonchev–Trinajstić information content (AvgIpc) is 3.39. The molecule has 4 nitrogen and oxygen atoms in total. The summed E-state index contributed by atoms with van der Waals surface area (Å²) in [7, 11) is 0. The van der Waals surface area contributed by atoms with Crippen molar-refractivity contribution in [2.75, 3.05) is 13.1 Å². The van der Waals surface area contributed by atoms with Crippen LogP contribution in [0.15, 0.2) is 36.4 Å². The fourth-order valence-corrected chi connectivity index (χ4v) is 5.10. The minimum absolute atomic E-state index is 0.220. The molecule has 1 aliphatic rings. The molecule has 2 aromatic heterocycles. The molecule has 7 heteroatoms. The Hall–Kier alpha value is -2.80. The third-order valence-electron chi connectivity index (χ3n) is 6.68. The van der Waals surface area contributed by atoms with Gasteiger partial charge < -0.3 is 0 Å². The molecule has 1 aliphatic carbocycles. The Morgan fingerprint density at radius 2 is 1.67 bits per heavy atom. The van der Waals surface area contributed by atoms with Crippen molar-refractivity contribution in [2.45, 2.75) is 53.3 Å². The van der Waals surface area contributed by atoms with Crippen molar-refractivity contribution in [2.24, 2.45) is 5.92 Å². The van der Waals surface area contributed by atoms with Gasteiger partial charge in [0.2, 0.25) is 5.78 Å². The molecular formula is C26H29F3N4. The van der Waals surface area contributed by atoms with Crippen LogP contribution in [0.25, 0.3) is 22.5 Å². The molecule has 0 spiro atoms. The van der Waals surface area contributed by atoms with E-state index in [-0.39, 0.29) is 12.2 Å². The predicted octanol–water partition coefficient (Wildman–Crippen LogP) is 6.45. The Bertz CT molecular complexity index is 1320. The second-order valence-electron chi connectivity index (χ2n) is 9.38. The molecule has 174 valence electrons.